The average Bonchev–Trinajstić information content (AvgIpc) is 2.96. The van der Waals surface area contributed by atoms with E-state index in [1.54, 1.807) is 6.07 Å². The maximum atomic E-state index is 12.1. The number of aryl methyl sites for hydroxylation is 1. The highest BCUT2D eigenvalue weighted by Crippen LogP contribution is 2.12. The summed E-state index contributed by atoms with van der Waals surface area (Å²) in [7, 11) is 1.96. The molecule has 2 aromatic heterocycles. The molecule has 2 heterocycles. The molecule has 0 bridgehead atoms. The van der Waals surface area contributed by atoms with Gasteiger partial charge < -0.3 is 9.55 Å². The molecule has 0 amide bonds. The van der Waals surface area contributed by atoms with Crippen LogP contribution >= 0.6 is 0 Å². The highest BCUT2D eigenvalue weighted by molar-refractivity contribution is 5.77. The highest BCUT2D eigenvalue weighted by Gasteiger charge is 2.09. The Balaban J connectivity index is 1.78. The fourth-order valence-electron chi connectivity index (χ4n) is 2.84. The van der Waals surface area contributed by atoms with E-state index < -0.39 is 0 Å². The van der Waals surface area contributed by atoms with Crippen molar-refractivity contribution >= 4 is 10.9 Å². The largest absolute Gasteiger partial charge is 0.339 e. The quantitative estimate of drug-likeness (QED) is 0.782. The van der Waals surface area contributed by atoms with Gasteiger partial charge in [-0.1, -0.05) is 12.1 Å². The third-order valence-electron chi connectivity index (χ3n) is 3.94. The third kappa shape index (κ3) is 3.21. The standard InChI is InChI=1S/C18H19N5O/c1-3-23-11-13(8-14(23)9-19)10-22(2)12-17-20-16-7-5-4-6-15(16)18(24)21-17/h4-8,11H,3,10,12H2,1-2H3,(H,20,21,24). The number of rotatable bonds is 5. The van der Waals surface area contributed by atoms with Crippen molar-refractivity contribution in [1.82, 2.24) is 19.4 Å². The molecule has 6 nitrogen and oxygen atoms in total. The molecule has 0 unspecified atom stereocenters. The first kappa shape index (κ1) is 16.0. The van der Waals surface area contributed by atoms with E-state index >= 15 is 0 Å². The Bertz CT molecular complexity index is 963. The monoisotopic (exact) mass is 321 g/mol. The zero-order valence-electron chi connectivity index (χ0n) is 13.8. The van der Waals surface area contributed by atoms with Gasteiger partial charge in [-0.15, -0.1) is 0 Å². The van der Waals surface area contributed by atoms with Crippen molar-refractivity contribution in [3.8, 4) is 6.07 Å². The Kier molecular flexibility index (Phi) is 4.45. The number of H-pyrrole nitrogens is 1. The van der Waals surface area contributed by atoms with Crippen LogP contribution in [0.2, 0.25) is 0 Å². The van der Waals surface area contributed by atoms with Gasteiger partial charge in [0.15, 0.2) is 0 Å². The summed E-state index contributed by atoms with van der Waals surface area (Å²) in [5.41, 5.74) is 2.32. The SMILES string of the molecule is CCn1cc(CN(C)Cc2nc3ccccc3c(=O)[nH]2)cc1C#N. The number of nitriles is 1. The van der Waals surface area contributed by atoms with Gasteiger partial charge in [0, 0.05) is 19.3 Å². The molecule has 0 spiro atoms. The number of aromatic nitrogens is 3. The number of hydrogen-bond acceptors (Lipinski definition) is 4. The van der Waals surface area contributed by atoms with Crippen LogP contribution in [-0.4, -0.2) is 26.5 Å². The Hall–Kier alpha value is -2.91. The van der Waals surface area contributed by atoms with Crippen LogP contribution in [0.3, 0.4) is 0 Å². The zero-order chi connectivity index (χ0) is 17.1. The van der Waals surface area contributed by atoms with E-state index in [1.807, 2.05) is 49.0 Å². The zero-order valence-corrected chi connectivity index (χ0v) is 13.8. The molecule has 0 aliphatic carbocycles. The van der Waals surface area contributed by atoms with Crippen LogP contribution in [0.1, 0.15) is 24.0 Å². The van der Waals surface area contributed by atoms with Gasteiger partial charge in [0.2, 0.25) is 0 Å². The second-order valence-corrected chi connectivity index (χ2v) is 5.83. The molecule has 0 saturated carbocycles. The fourth-order valence-corrected chi connectivity index (χ4v) is 2.84. The number of fused-ring (bicyclic) bond motifs is 1. The predicted molar refractivity (Wildman–Crippen MR) is 92.4 cm³/mol. The first-order valence-electron chi connectivity index (χ1n) is 7.86. The summed E-state index contributed by atoms with van der Waals surface area (Å²) in [6.45, 7) is 3.99. The van der Waals surface area contributed by atoms with Crippen molar-refractivity contribution in [2.75, 3.05) is 7.05 Å². The van der Waals surface area contributed by atoms with Crippen molar-refractivity contribution in [3.05, 3.63) is 64.0 Å². The molecule has 6 heteroatoms. The molecule has 0 aliphatic heterocycles. The van der Waals surface area contributed by atoms with Crippen molar-refractivity contribution in [1.29, 1.82) is 5.26 Å². The average molecular weight is 321 g/mol. The normalized spacial score (nSPS) is 11.1. The minimum absolute atomic E-state index is 0.118. The number of hydrogen-bond donors (Lipinski definition) is 1. The second-order valence-electron chi connectivity index (χ2n) is 5.83. The van der Waals surface area contributed by atoms with E-state index in [4.69, 9.17) is 5.26 Å². The van der Waals surface area contributed by atoms with E-state index in [1.165, 1.54) is 0 Å². The Labute approximate surface area is 140 Å². The summed E-state index contributed by atoms with van der Waals surface area (Å²) in [5.74, 6) is 0.636. The summed E-state index contributed by atoms with van der Waals surface area (Å²) >= 11 is 0. The lowest BCUT2D eigenvalue weighted by Gasteiger charge is -2.15. The molecule has 0 atom stereocenters. The van der Waals surface area contributed by atoms with Crippen LogP contribution in [0.5, 0.6) is 0 Å². The van der Waals surface area contributed by atoms with Crippen molar-refractivity contribution in [2.45, 2.75) is 26.6 Å². The van der Waals surface area contributed by atoms with E-state index in [-0.39, 0.29) is 5.56 Å². The van der Waals surface area contributed by atoms with Crippen LogP contribution < -0.4 is 5.56 Å². The van der Waals surface area contributed by atoms with E-state index in [0.29, 0.717) is 35.5 Å². The Morgan fingerprint density at radius 3 is 2.83 bits per heavy atom. The number of para-hydroxylation sites is 1. The van der Waals surface area contributed by atoms with Gasteiger partial charge in [-0.25, -0.2) is 4.98 Å². The van der Waals surface area contributed by atoms with Crippen molar-refractivity contribution < 1.29 is 0 Å². The van der Waals surface area contributed by atoms with Crippen LogP contribution in [0.4, 0.5) is 0 Å². The topological polar surface area (TPSA) is 77.7 Å². The minimum Gasteiger partial charge on any atom is -0.339 e. The summed E-state index contributed by atoms with van der Waals surface area (Å²) in [4.78, 5) is 21.5. The molecule has 1 N–H and O–H groups in total. The first-order chi connectivity index (χ1) is 11.6. The molecular weight excluding hydrogens is 302 g/mol. The van der Waals surface area contributed by atoms with Crippen LogP contribution in [0, 0.1) is 11.3 Å². The fraction of sp³-hybridized carbons (Fsp3) is 0.278. The van der Waals surface area contributed by atoms with Gasteiger partial charge in [-0.2, -0.15) is 5.26 Å². The summed E-state index contributed by atoms with van der Waals surface area (Å²) in [5, 5.41) is 9.73. The summed E-state index contributed by atoms with van der Waals surface area (Å²) in [6.07, 6.45) is 1.99. The number of nitrogens with zero attached hydrogens (tertiary/aromatic N) is 4. The van der Waals surface area contributed by atoms with Gasteiger partial charge in [-0.05, 0) is 37.7 Å². The van der Waals surface area contributed by atoms with Crippen LogP contribution in [0.25, 0.3) is 10.9 Å². The summed E-state index contributed by atoms with van der Waals surface area (Å²) in [6, 6.07) is 11.4. The molecule has 0 aliphatic rings. The van der Waals surface area contributed by atoms with E-state index in [9.17, 15) is 4.79 Å². The number of aromatic amines is 1. The van der Waals surface area contributed by atoms with Crippen molar-refractivity contribution in [3.63, 3.8) is 0 Å². The van der Waals surface area contributed by atoms with Gasteiger partial charge in [-0.3, -0.25) is 9.69 Å². The maximum absolute atomic E-state index is 12.1. The Morgan fingerprint density at radius 2 is 2.12 bits per heavy atom. The molecule has 0 saturated heterocycles. The lowest BCUT2D eigenvalue weighted by atomic mass is 10.2. The van der Waals surface area contributed by atoms with Gasteiger partial charge in [0.25, 0.3) is 5.56 Å². The maximum Gasteiger partial charge on any atom is 0.258 e. The Morgan fingerprint density at radius 1 is 1.33 bits per heavy atom. The minimum atomic E-state index is -0.118. The van der Waals surface area contributed by atoms with Gasteiger partial charge >= 0.3 is 0 Å². The molecule has 24 heavy (non-hydrogen) atoms. The number of benzene rings is 1. The highest BCUT2D eigenvalue weighted by atomic mass is 16.1. The lowest BCUT2D eigenvalue weighted by molar-refractivity contribution is 0.310. The summed E-state index contributed by atoms with van der Waals surface area (Å²) < 4.78 is 1.93. The first-order valence-corrected chi connectivity index (χ1v) is 7.86. The molecule has 0 fully saturated rings. The van der Waals surface area contributed by atoms with Crippen LogP contribution in [-0.2, 0) is 19.6 Å². The molecule has 122 valence electrons. The molecule has 1 aromatic carbocycles. The van der Waals surface area contributed by atoms with Gasteiger partial charge in [0.05, 0.1) is 17.4 Å². The molecule has 3 aromatic rings. The third-order valence-corrected chi connectivity index (χ3v) is 3.94. The van der Waals surface area contributed by atoms with Gasteiger partial charge in [0.1, 0.15) is 17.6 Å². The second kappa shape index (κ2) is 6.69. The molecule has 0 radical (unpaired) electrons. The number of nitrogens with one attached hydrogen (secondary N) is 1. The lowest BCUT2D eigenvalue weighted by Crippen LogP contribution is -2.21. The molecule has 3 rings (SSSR count). The van der Waals surface area contributed by atoms with E-state index in [0.717, 1.165) is 12.1 Å². The van der Waals surface area contributed by atoms with Crippen molar-refractivity contribution in [2.24, 2.45) is 0 Å². The van der Waals surface area contributed by atoms with Crippen LogP contribution in [0.15, 0.2) is 41.3 Å². The predicted octanol–water partition coefficient (Wildman–Crippen LogP) is 2.25. The van der Waals surface area contributed by atoms with E-state index in [2.05, 4.69) is 20.9 Å². The smallest absolute Gasteiger partial charge is 0.258 e. The molecular formula is C18H19N5O.